The first-order valence-corrected chi connectivity index (χ1v) is 12.3. The molecule has 1 aromatic heterocycles. The fourth-order valence-corrected chi connectivity index (χ4v) is 4.77. The van der Waals surface area contributed by atoms with Crippen molar-refractivity contribution < 1.29 is 9.47 Å². The number of hydrogen-bond acceptors (Lipinski definition) is 7. The molecular formula is C26H34N6O2S. The van der Waals surface area contributed by atoms with Crippen LogP contribution in [-0.2, 0) is 6.54 Å². The average Bonchev–Trinajstić information content (AvgIpc) is 2.87. The molecule has 0 radical (unpaired) electrons. The minimum Gasteiger partial charge on any atom is -0.493 e. The number of fused-ring (bicyclic) bond motifs is 1. The van der Waals surface area contributed by atoms with E-state index in [1.807, 2.05) is 55.4 Å². The Kier molecular flexibility index (Phi) is 8.07. The van der Waals surface area contributed by atoms with Crippen molar-refractivity contribution in [1.29, 1.82) is 0 Å². The first-order valence-electron chi connectivity index (χ1n) is 11.9. The molecule has 1 fully saturated rings. The van der Waals surface area contributed by atoms with E-state index in [2.05, 4.69) is 22.0 Å². The summed E-state index contributed by atoms with van der Waals surface area (Å²) in [5, 5.41) is 12.0. The second-order valence-electron chi connectivity index (χ2n) is 8.95. The van der Waals surface area contributed by atoms with E-state index in [0.717, 1.165) is 53.7 Å². The summed E-state index contributed by atoms with van der Waals surface area (Å²) in [6.07, 6.45) is 4.10. The molecule has 35 heavy (non-hydrogen) atoms. The number of aromatic nitrogens is 2. The number of anilines is 2. The number of nitrogens with one attached hydrogen (secondary N) is 3. The molecule has 9 heteroatoms. The molecule has 0 amide bonds. The highest BCUT2D eigenvalue weighted by molar-refractivity contribution is 7.80. The highest BCUT2D eigenvalue weighted by Gasteiger charge is 2.23. The second-order valence-corrected chi connectivity index (χ2v) is 9.36. The lowest BCUT2D eigenvalue weighted by Crippen LogP contribution is -2.44. The molecule has 0 spiro atoms. The fourth-order valence-electron chi connectivity index (χ4n) is 4.53. The zero-order valence-corrected chi connectivity index (χ0v) is 21.6. The van der Waals surface area contributed by atoms with Crippen LogP contribution in [0.1, 0.15) is 31.2 Å². The van der Waals surface area contributed by atoms with E-state index in [1.165, 1.54) is 0 Å². The Hall–Kier alpha value is -3.33. The minimum absolute atomic E-state index is 0.340. The van der Waals surface area contributed by atoms with Gasteiger partial charge in [0.1, 0.15) is 5.82 Å². The van der Waals surface area contributed by atoms with Gasteiger partial charge in [0.2, 0.25) is 5.95 Å². The van der Waals surface area contributed by atoms with Crippen LogP contribution in [0.5, 0.6) is 11.5 Å². The van der Waals surface area contributed by atoms with Gasteiger partial charge in [-0.2, -0.15) is 4.98 Å². The molecule has 0 atom stereocenters. The number of hydrogen-bond donors (Lipinski definition) is 3. The quantitative estimate of drug-likeness (QED) is 0.401. The van der Waals surface area contributed by atoms with Crippen molar-refractivity contribution >= 4 is 40.0 Å². The van der Waals surface area contributed by atoms with Gasteiger partial charge < -0.3 is 30.3 Å². The van der Waals surface area contributed by atoms with Crippen LogP contribution in [0.4, 0.5) is 11.8 Å². The first-order chi connectivity index (χ1) is 17.0. The Bertz CT molecular complexity index is 1160. The number of thiocarbonyl (C=S) groups is 1. The van der Waals surface area contributed by atoms with E-state index in [-0.39, 0.29) is 0 Å². The monoisotopic (exact) mass is 494 g/mol. The number of ether oxygens (including phenoxy) is 2. The van der Waals surface area contributed by atoms with Gasteiger partial charge in [0, 0.05) is 43.7 Å². The summed E-state index contributed by atoms with van der Waals surface area (Å²) in [6.45, 7) is 0.566. The van der Waals surface area contributed by atoms with Crippen LogP contribution in [0.2, 0.25) is 0 Å². The molecule has 0 aliphatic heterocycles. The molecule has 0 unspecified atom stereocenters. The summed E-state index contributed by atoms with van der Waals surface area (Å²) in [7, 11) is 7.31. The van der Waals surface area contributed by atoms with Gasteiger partial charge >= 0.3 is 0 Å². The highest BCUT2D eigenvalue weighted by Crippen LogP contribution is 2.30. The third-order valence-corrected chi connectivity index (χ3v) is 6.59. The summed E-state index contributed by atoms with van der Waals surface area (Å²) in [4.78, 5) is 11.6. The van der Waals surface area contributed by atoms with E-state index in [4.69, 9.17) is 31.7 Å². The maximum atomic E-state index is 5.56. The highest BCUT2D eigenvalue weighted by atomic mass is 32.1. The lowest BCUT2D eigenvalue weighted by atomic mass is 9.91. The molecular weight excluding hydrogens is 460 g/mol. The van der Waals surface area contributed by atoms with Crippen molar-refractivity contribution in [3.8, 4) is 11.5 Å². The summed E-state index contributed by atoms with van der Waals surface area (Å²) in [5.74, 6) is 3.06. The third-order valence-electron chi connectivity index (χ3n) is 6.33. The minimum atomic E-state index is 0.340. The Labute approximate surface area is 212 Å². The van der Waals surface area contributed by atoms with Crippen LogP contribution < -0.4 is 30.3 Å². The van der Waals surface area contributed by atoms with Crippen molar-refractivity contribution in [1.82, 2.24) is 20.6 Å². The number of methoxy groups -OCH3 is 2. The average molecular weight is 495 g/mol. The van der Waals surface area contributed by atoms with Crippen molar-refractivity contribution in [2.75, 3.05) is 38.5 Å². The largest absolute Gasteiger partial charge is 0.493 e. The molecule has 3 N–H and O–H groups in total. The molecule has 1 heterocycles. The number of nitrogens with zero attached hydrogens (tertiary/aromatic N) is 3. The summed E-state index contributed by atoms with van der Waals surface area (Å²) < 4.78 is 10.9. The molecule has 0 bridgehead atoms. The molecule has 0 saturated heterocycles. The van der Waals surface area contributed by atoms with Gasteiger partial charge in [0.05, 0.1) is 19.7 Å². The maximum Gasteiger partial charge on any atom is 0.225 e. The van der Waals surface area contributed by atoms with Gasteiger partial charge in [-0.3, -0.25) is 0 Å². The lowest BCUT2D eigenvalue weighted by molar-refractivity contribution is 0.351. The van der Waals surface area contributed by atoms with E-state index >= 15 is 0 Å². The molecule has 1 aliphatic carbocycles. The van der Waals surface area contributed by atoms with Gasteiger partial charge in [-0.1, -0.05) is 24.3 Å². The molecule has 186 valence electrons. The lowest BCUT2D eigenvalue weighted by Gasteiger charge is -2.30. The van der Waals surface area contributed by atoms with Gasteiger partial charge in [-0.15, -0.1) is 0 Å². The summed E-state index contributed by atoms with van der Waals surface area (Å²) >= 11 is 5.56. The van der Waals surface area contributed by atoms with Crippen molar-refractivity contribution in [3.63, 3.8) is 0 Å². The van der Waals surface area contributed by atoms with Crippen LogP contribution in [-0.4, -0.2) is 55.5 Å². The summed E-state index contributed by atoms with van der Waals surface area (Å²) in [6, 6.07) is 14.6. The van der Waals surface area contributed by atoms with Crippen molar-refractivity contribution in [2.45, 2.75) is 44.3 Å². The van der Waals surface area contributed by atoms with E-state index in [0.29, 0.717) is 35.4 Å². The van der Waals surface area contributed by atoms with Crippen molar-refractivity contribution in [2.24, 2.45) is 0 Å². The number of para-hydroxylation sites is 2. The first kappa shape index (κ1) is 24.8. The topological polar surface area (TPSA) is 83.6 Å². The van der Waals surface area contributed by atoms with Gasteiger partial charge in [-0.05, 0) is 56.1 Å². The predicted octanol–water partition coefficient (Wildman–Crippen LogP) is 4.10. The molecule has 1 saturated carbocycles. The van der Waals surface area contributed by atoms with E-state index in [9.17, 15) is 0 Å². The third kappa shape index (κ3) is 6.03. The molecule has 3 aromatic rings. The van der Waals surface area contributed by atoms with E-state index < -0.39 is 0 Å². The molecule has 8 nitrogen and oxygen atoms in total. The van der Waals surface area contributed by atoms with Gasteiger partial charge in [0.25, 0.3) is 0 Å². The Morgan fingerprint density at radius 1 is 0.971 bits per heavy atom. The predicted molar refractivity (Wildman–Crippen MR) is 146 cm³/mol. The zero-order valence-electron chi connectivity index (χ0n) is 20.8. The molecule has 1 aliphatic rings. The standard InChI is InChI=1S/C26H34N6O2S/c1-32(2)24-20-9-5-6-10-21(20)30-25(31-24)28-18-12-14-19(15-13-18)29-26(35)27-16-17-8-7-11-22(33-3)23(17)34-4/h5-11,18-19H,12-16H2,1-4H3,(H2,27,29,35)(H,28,30,31)/t18-,19+. The van der Waals surface area contributed by atoms with Crippen LogP contribution in [0.25, 0.3) is 10.9 Å². The SMILES string of the molecule is COc1cccc(CNC(=S)N[C@H]2CC[C@@H](Nc3nc(N(C)C)c4ccccc4n3)CC2)c1OC. The smallest absolute Gasteiger partial charge is 0.225 e. The normalized spacial score (nSPS) is 17.5. The Morgan fingerprint density at radius 3 is 2.43 bits per heavy atom. The molecule has 4 rings (SSSR count). The summed E-state index contributed by atoms with van der Waals surface area (Å²) in [5.41, 5.74) is 1.95. The van der Waals surface area contributed by atoms with Crippen molar-refractivity contribution in [3.05, 3.63) is 48.0 Å². The van der Waals surface area contributed by atoms with Gasteiger partial charge in [-0.25, -0.2) is 4.98 Å². The Morgan fingerprint density at radius 2 is 1.71 bits per heavy atom. The maximum absolute atomic E-state index is 5.56. The zero-order chi connectivity index (χ0) is 24.8. The van der Waals surface area contributed by atoms with E-state index in [1.54, 1.807) is 14.2 Å². The molecule has 2 aromatic carbocycles. The second kappa shape index (κ2) is 11.4. The van der Waals surface area contributed by atoms with Gasteiger partial charge in [0.15, 0.2) is 16.6 Å². The fraction of sp³-hybridized carbons (Fsp3) is 0.423. The van der Waals surface area contributed by atoms with Crippen LogP contribution in [0, 0.1) is 0 Å². The van der Waals surface area contributed by atoms with Crippen LogP contribution >= 0.6 is 12.2 Å². The van der Waals surface area contributed by atoms with Crippen LogP contribution in [0.3, 0.4) is 0 Å². The Balaban J connectivity index is 1.28. The van der Waals surface area contributed by atoms with Crippen LogP contribution in [0.15, 0.2) is 42.5 Å². The number of rotatable bonds is 8. The number of benzene rings is 2.